The molecule has 1 unspecified atom stereocenters. The predicted octanol–water partition coefficient (Wildman–Crippen LogP) is -0.0240. The van der Waals surface area contributed by atoms with Crippen LogP contribution in [0.1, 0.15) is 19.4 Å². The number of hydrogen-bond donors (Lipinski definition) is 3. The van der Waals surface area contributed by atoms with Crippen LogP contribution in [-0.2, 0) is 21.2 Å². The Morgan fingerprint density at radius 1 is 1.25 bits per heavy atom. The molecular weight excluding hydrogens is 278 g/mol. The molecule has 1 aromatic carbocycles. The van der Waals surface area contributed by atoms with Gasteiger partial charge in [-0.15, -0.1) is 0 Å². The molecule has 0 saturated heterocycles. The summed E-state index contributed by atoms with van der Waals surface area (Å²) in [4.78, 5) is 11.7. The molecule has 0 radical (unpaired) electrons. The van der Waals surface area contributed by atoms with E-state index in [9.17, 15) is 13.2 Å². The van der Waals surface area contributed by atoms with Crippen LogP contribution in [0.4, 0.5) is 0 Å². The molecule has 112 valence electrons. The Morgan fingerprint density at radius 2 is 1.80 bits per heavy atom. The third-order valence-corrected chi connectivity index (χ3v) is 4.29. The molecule has 0 heterocycles. The molecule has 0 aliphatic heterocycles. The van der Waals surface area contributed by atoms with Crippen molar-refractivity contribution in [2.75, 3.05) is 6.54 Å². The van der Waals surface area contributed by atoms with Crippen molar-refractivity contribution in [1.29, 1.82) is 0 Å². The third kappa shape index (κ3) is 4.29. The van der Waals surface area contributed by atoms with Gasteiger partial charge in [0.1, 0.15) is 0 Å². The molecule has 1 aromatic rings. The van der Waals surface area contributed by atoms with Crippen molar-refractivity contribution in [3.8, 4) is 0 Å². The first-order valence-electron chi connectivity index (χ1n) is 6.39. The molecule has 0 spiro atoms. The summed E-state index contributed by atoms with van der Waals surface area (Å²) in [5.74, 6) is -0.844. The molecule has 5 N–H and O–H groups in total. The van der Waals surface area contributed by atoms with Gasteiger partial charge in [0.15, 0.2) is 0 Å². The average molecular weight is 299 g/mol. The number of carbonyl (C=O) groups is 1. The standard InChI is InChI=1S/C13H21N3O3S/c1-9(2)12(15)13(17)16-20(18,19)11-5-3-10(4-6-11)7-8-14/h3-6,9,12H,7-8,14-15H2,1-2H3,(H,16,17). The van der Waals surface area contributed by atoms with E-state index in [-0.39, 0.29) is 10.8 Å². The molecule has 0 aromatic heterocycles. The summed E-state index contributed by atoms with van der Waals surface area (Å²) in [6.07, 6.45) is 0.672. The topological polar surface area (TPSA) is 115 Å². The van der Waals surface area contributed by atoms with Gasteiger partial charge < -0.3 is 11.5 Å². The molecule has 0 aliphatic rings. The zero-order valence-corrected chi connectivity index (χ0v) is 12.5. The van der Waals surface area contributed by atoms with Crippen LogP contribution < -0.4 is 16.2 Å². The number of carbonyl (C=O) groups excluding carboxylic acids is 1. The highest BCUT2D eigenvalue weighted by Gasteiger charge is 2.23. The number of nitrogens with one attached hydrogen (secondary N) is 1. The zero-order valence-electron chi connectivity index (χ0n) is 11.7. The molecular formula is C13H21N3O3S. The van der Waals surface area contributed by atoms with E-state index in [1.54, 1.807) is 26.0 Å². The minimum absolute atomic E-state index is 0.0302. The Kier molecular flexibility index (Phi) is 5.67. The highest BCUT2D eigenvalue weighted by molar-refractivity contribution is 7.90. The van der Waals surface area contributed by atoms with Crippen LogP contribution in [0.2, 0.25) is 0 Å². The molecule has 0 fully saturated rings. The van der Waals surface area contributed by atoms with Crippen molar-refractivity contribution in [1.82, 2.24) is 4.72 Å². The second-order valence-corrected chi connectivity index (χ2v) is 6.60. The molecule has 1 rings (SSSR count). The Hall–Kier alpha value is -1.44. The van der Waals surface area contributed by atoms with Gasteiger partial charge in [0.05, 0.1) is 10.9 Å². The number of benzene rings is 1. The Morgan fingerprint density at radius 3 is 2.25 bits per heavy atom. The maximum Gasteiger partial charge on any atom is 0.264 e. The van der Waals surface area contributed by atoms with Crippen LogP contribution >= 0.6 is 0 Å². The average Bonchev–Trinajstić information content (AvgIpc) is 2.38. The minimum atomic E-state index is -3.88. The van der Waals surface area contributed by atoms with Crippen molar-refractivity contribution in [3.05, 3.63) is 29.8 Å². The number of sulfonamides is 1. The fourth-order valence-corrected chi connectivity index (χ4v) is 2.58. The van der Waals surface area contributed by atoms with Crippen LogP contribution in [0.3, 0.4) is 0 Å². The largest absolute Gasteiger partial charge is 0.330 e. The van der Waals surface area contributed by atoms with Gasteiger partial charge in [0.2, 0.25) is 0 Å². The van der Waals surface area contributed by atoms with Crippen LogP contribution in [-0.4, -0.2) is 26.9 Å². The smallest absolute Gasteiger partial charge is 0.264 e. The Bertz CT molecular complexity index is 553. The molecule has 0 saturated carbocycles. The highest BCUT2D eigenvalue weighted by Crippen LogP contribution is 2.11. The number of amides is 1. The molecule has 20 heavy (non-hydrogen) atoms. The normalized spacial score (nSPS) is 13.2. The Balaban J connectivity index is 2.86. The molecule has 0 aliphatic carbocycles. The SMILES string of the molecule is CC(C)C(N)C(=O)NS(=O)(=O)c1ccc(CCN)cc1. The van der Waals surface area contributed by atoms with Crippen molar-refractivity contribution in [2.45, 2.75) is 31.2 Å². The first-order chi connectivity index (χ1) is 9.27. The maximum atomic E-state index is 12.0. The summed E-state index contributed by atoms with van der Waals surface area (Å²) < 4.78 is 26.0. The van der Waals surface area contributed by atoms with E-state index in [2.05, 4.69) is 0 Å². The van der Waals surface area contributed by atoms with Gasteiger partial charge in [0, 0.05) is 0 Å². The van der Waals surface area contributed by atoms with E-state index in [4.69, 9.17) is 11.5 Å². The number of hydrogen-bond acceptors (Lipinski definition) is 5. The van der Waals surface area contributed by atoms with Gasteiger partial charge in [-0.2, -0.15) is 0 Å². The Labute approximate surface area is 119 Å². The van der Waals surface area contributed by atoms with Crippen molar-refractivity contribution in [2.24, 2.45) is 17.4 Å². The highest BCUT2D eigenvalue weighted by atomic mass is 32.2. The van der Waals surface area contributed by atoms with E-state index in [1.165, 1.54) is 12.1 Å². The fourth-order valence-electron chi connectivity index (χ4n) is 1.56. The molecule has 0 bridgehead atoms. The van der Waals surface area contributed by atoms with Gasteiger partial charge in [-0.1, -0.05) is 26.0 Å². The zero-order chi connectivity index (χ0) is 15.3. The van der Waals surface area contributed by atoms with Crippen LogP contribution in [0.5, 0.6) is 0 Å². The molecule has 1 amide bonds. The van der Waals surface area contributed by atoms with E-state index < -0.39 is 22.0 Å². The van der Waals surface area contributed by atoms with Crippen molar-refractivity contribution in [3.63, 3.8) is 0 Å². The first-order valence-corrected chi connectivity index (χ1v) is 7.87. The second-order valence-electron chi connectivity index (χ2n) is 4.92. The van der Waals surface area contributed by atoms with Crippen molar-refractivity contribution < 1.29 is 13.2 Å². The van der Waals surface area contributed by atoms with Gasteiger partial charge in [0.25, 0.3) is 15.9 Å². The summed E-state index contributed by atoms with van der Waals surface area (Å²) in [5, 5.41) is 0. The summed E-state index contributed by atoms with van der Waals surface area (Å²) in [6.45, 7) is 3.99. The summed E-state index contributed by atoms with van der Waals surface area (Å²) in [7, 11) is -3.88. The number of rotatable bonds is 6. The quantitative estimate of drug-likeness (QED) is 0.682. The number of nitrogens with two attached hydrogens (primary N) is 2. The minimum Gasteiger partial charge on any atom is -0.330 e. The molecule has 7 heteroatoms. The van der Waals surface area contributed by atoms with Gasteiger partial charge in [-0.05, 0) is 36.6 Å². The predicted molar refractivity (Wildman–Crippen MR) is 77.3 cm³/mol. The van der Waals surface area contributed by atoms with Crippen LogP contribution in [0.15, 0.2) is 29.2 Å². The first kappa shape index (κ1) is 16.6. The lowest BCUT2D eigenvalue weighted by Crippen LogP contribution is -2.46. The van der Waals surface area contributed by atoms with Gasteiger partial charge >= 0.3 is 0 Å². The maximum absolute atomic E-state index is 12.0. The lowest BCUT2D eigenvalue weighted by molar-refractivity contribution is -0.121. The molecule has 6 nitrogen and oxygen atoms in total. The summed E-state index contributed by atoms with van der Waals surface area (Å²) >= 11 is 0. The summed E-state index contributed by atoms with van der Waals surface area (Å²) in [6, 6.07) is 5.38. The monoisotopic (exact) mass is 299 g/mol. The van der Waals surface area contributed by atoms with Crippen LogP contribution in [0, 0.1) is 5.92 Å². The van der Waals surface area contributed by atoms with Gasteiger partial charge in [-0.3, -0.25) is 4.79 Å². The molecule has 1 atom stereocenters. The fraction of sp³-hybridized carbons (Fsp3) is 0.462. The van der Waals surface area contributed by atoms with Crippen LogP contribution in [0.25, 0.3) is 0 Å². The lowest BCUT2D eigenvalue weighted by atomic mass is 10.1. The summed E-state index contributed by atoms with van der Waals surface area (Å²) in [5.41, 5.74) is 12.0. The second kappa shape index (κ2) is 6.83. The van der Waals surface area contributed by atoms with E-state index in [1.807, 2.05) is 4.72 Å². The van der Waals surface area contributed by atoms with Crippen molar-refractivity contribution >= 4 is 15.9 Å². The van der Waals surface area contributed by atoms with E-state index in [0.29, 0.717) is 13.0 Å². The van der Waals surface area contributed by atoms with E-state index >= 15 is 0 Å². The lowest BCUT2D eigenvalue weighted by Gasteiger charge is -2.15. The van der Waals surface area contributed by atoms with E-state index in [0.717, 1.165) is 5.56 Å². The van der Waals surface area contributed by atoms with Gasteiger partial charge in [-0.25, -0.2) is 13.1 Å². The third-order valence-electron chi connectivity index (χ3n) is 2.92.